The molecule has 0 aromatic rings. The van der Waals surface area contributed by atoms with Gasteiger partial charge in [-0.2, -0.15) is 10.2 Å². The maximum absolute atomic E-state index is 10.5. The summed E-state index contributed by atoms with van der Waals surface area (Å²) in [6.45, 7) is 0. The fraction of sp³-hybridized carbons (Fsp3) is 0.400. The number of carbonyl (C=O) groups is 1. The van der Waals surface area contributed by atoms with Crippen LogP contribution in [0.4, 0.5) is 0 Å². The predicted molar refractivity (Wildman–Crippen MR) is 34.4 cm³/mol. The Morgan fingerprint density at radius 3 is 3.22 bits per heavy atom. The molecule has 0 atom stereocenters. The summed E-state index contributed by atoms with van der Waals surface area (Å²) >= 11 is 0. The van der Waals surface area contributed by atoms with Gasteiger partial charge in [-0.25, -0.2) is 0 Å². The number of nitrogens with zero attached hydrogens (tertiary/aromatic N) is 2. The number of rotatable bonds is 1. The minimum atomic E-state index is -1.76. The number of carbonyl (C=O) groups excluding carboxylic acids is 1. The summed E-state index contributed by atoms with van der Waals surface area (Å²) in [6, 6.07) is 0. The summed E-state index contributed by atoms with van der Waals surface area (Å²) in [4.78, 5) is 10.5. The molecule has 9 heavy (non-hydrogen) atoms. The van der Waals surface area contributed by atoms with Gasteiger partial charge < -0.3 is 5.73 Å². The second-order valence-corrected chi connectivity index (χ2v) is 1.49. The molecule has 0 saturated carbocycles. The van der Waals surface area contributed by atoms with E-state index in [1.165, 1.54) is 6.21 Å². The molecule has 48 valence electrons. The quantitative estimate of drug-likeness (QED) is 0.516. The highest BCUT2D eigenvalue weighted by Gasteiger charge is 2.07. The average Bonchev–Trinajstić information content (AvgIpc) is 1.85. The van der Waals surface area contributed by atoms with Crippen molar-refractivity contribution in [2.24, 2.45) is 15.9 Å². The molecule has 0 spiro atoms. The molecule has 0 unspecified atom stereocenters. The number of hydrogen-bond donors (Lipinski definition) is 1. The van der Waals surface area contributed by atoms with Crippen molar-refractivity contribution in [2.45, 2.75) is 12.8 Å². The van der Waals surface area contributed by atoms with Crippen molar-refractivity contribution in [2.75, 3.05) is 0 Å². The van der Waals surface area contributed by atoms with Gasteiger partial charge in [0.15, 0.2) is 0 Å². The summed E-state index contributed by atoms with van der Waals surface area (Å²) in [5.41, 5.74) is 4.55. The van der Waals surface area contributed by atoms with Crippen LogP contribution in [0.1, 0.15) is 15.5 Å². The molecule has 1 aliphatic heterocycles. The Hall–Kier alpha value is -1.19. The molecule has 4 heteroatoms. The van der Waals surface area contributed by atoms with Gasteiger partial charge in [0.25, 0.3) is 5.91 Å². The van der Waals surface area contributed by atoms with E-state index in [4.69, 9.17) is 8.48 Å². The normalized spacial score (nSPS) is 26.0. The van der Waals surface area contributed by atoms with E-state index in [0.717, 1.165) is 0 Å². The van der Waals surface area contributed by atoms with E-state index >= 15 is 0 Å². The van der Waals surface area contributed by atoms with Crippen LogP contribution in [0, 0.1) is 0 Å². The van der Waals surface area contributed by atoms with Crippen LogP contribution in [0.25, 0.3) is 0 Å². The lowest BCUT2D eigenvalue weighted by atomic mass is 10.2. The summed E-state index contributed by atoms with van der Waals surface area (Å²) < 4.78 is 14.5. The van der Waals surface area contributed by atoms with Gasteiger partial charge in [-0.15, -0.1) is 0 Å². The highest BCUT2D eigenvalue weighted by Crippen LogP contribution is 1.96. The first kappa shape index (κ1) is 3.76. The fourth-order valence-electron chi connectivity index (χ4n) is 0.453. The Morgan fingerprint density at radius 2 is 2.78 bits per heavy atom. The molecular formula is C5H7N3O. The van der Waals surface area contributed by atoms with Crippen molar-refractivity contribution < 1.29 is 7.54 Å². The van der Waals surface area contributed by atoms with E-state index in [0.29, 0.717) is 0 Å². The summed E-state index contributed by atoms with van der Waals surface area (Å²) in [5.74, 6) is -0.855. The zero-order valence-electron chi connectivity index (χ0n) is 6.66. The van der Waals surface area contributed by atoms with Gasteiger partial charge in [0, 0.05) is 15.3 Å². The average molecular weight is 127 g/mol. The lowest BCUT2D eigenvalue weighted by molar-refractivity contribution is -0.112. The Balaban J connectivity index is 2.97. The van der Waals surface area contributed by atoms with Crippen molar-refractivity contribution in [3.8, 4) is 0 Å². The SMILES string of the molecule is [2H]C1([2H])CC=NN=C1C(N)=O. The van der Waals surface area contributed by atoms with E-state index in [-0.39, 0.29) is 12.1 Å². The van der Waals surface area contributed by atoms with E-state index in [1.807, 2.05) is 0 Å². The van der Waals surface area contributed by atoms with Gasteiger partial charge in [-0.1, -0.05) is 0 Å². The monoisotopic (exact) mass is 127 g/mol. The summed E-state index contributed by atoms with van der Waals surface area (Å²) in [6.07, 6.45) is -0.394. The minimum absolute atomic E-state index is 0.0504. The van der Waals surface area contributed by atoms with E-state index in [1.54, 1.807) is 0 Å². The maximum Gasteiger partial charge on any atom is 0.264 e. The molecule has 0 radical (unpaired) electrons. The Morgan fingerprint density at radius 1 is 2.00 bits per heavy atom. The Labute approximate surface area is 55.3 Å². The molecule has 0 aromatic heterocycles. The molecule has 0 bridgehead atoms. The zero-order chi connectivity index (χ0) is 8.48. The largest absolute Gasteiger partial charge is 0.364 e. The highest BCUT2D eigenvalue weighted by atomic mass is 16.1. The van der Waals surface area contributed by atoms with E-state index in [2.05, 4.69) is 10.2 Å². The number of hydrogen-bond acceptors (Lipinski definition) is 3. The van der Waals surface area contributed by atoms with E-state index < -0.39 is 12.3 Å². The van der Waals surface area contributed by atoms with Crippen LogP contribution in [-0.4, -0.2) is 17.8 Å². The second-order valence-electron chi connectivity index (χ2n) is 1.49. The third kappa shape index (κ3) is 1.35. The Bertz CT molecular complexity index is 246. The predicted octanol–water partition coefficient (Wildman–Crippen LogP) is -0.308. The third-order valence-corrected chi connectivity index (χ3v) is 0.834. The summed E-state index contributed by atoms with van der Waals surface area (Å²) in [7, 11) is 0. The van der Waals surface area contributed by atoms with Crippen LogP contribution in [0.5, 0.6) is 0 Å². The molecule has 4 nitrogen and oxygen atoms in total. The molecule has 1 rings (SSSR count). The van der Waals surface area contributed by atoms with Gasteiger partial charge in [0.1, 0.15) is 5.71 Å². The zero-order valence-corrected chi connectivity index (χ0v) is 4.66. The lowest BCUT2D eigenvalue weighted by Crippen LogP contribution is -2.24. The van der Waals surface area contributed by atoms with Gasteiger partial charge in [0.2, 0.25) is 0 Å². The van der Waals surface area contributed by atoms with E-state index in [9.17, 15) is 4.79 Å². The first-order valence-electron chi connectivity index (χ1n) is 3.44. The number of amides is 1. The van der Waals surface area contributed by atoms with Crippen LogP contribution in [-0.2, 0) is 4.79 Å². The fourth-order valence-corrected chi connectivity index (χ4v) is 0.453. The topological polar surface area (TPSA) is 67.8 Å². The second kappa shape index (κ2) is 2.39. The molecule has 1 heterocycles. The lowest BCUT2D eigenvalue weighted by Gasteiger charge is -1.99. The third-order valence-electron chi connectivity index (χ3n) is 0.834. The first-order chi connectivity index (χ1) is 5.04. The molecule has 1 amide bonds. The van der Waals surface area contributed by atoms with Crippen LogP contribution < -0.4 is 5.73 Å². The molecule has 0 saturated heterocycles. The van der Waals surface area contributed by atoms with Gasteiger partial charge in [-0.05, 0) is 6.42 Å². The smallest absolute Gasteiger partial charge is 0.264 e. The molecule has 2 N–H and O–H groups in total. The van der Waals surface area contributed by atoms with Crippen LogP contribution in [0.3, 0.4) is 0 Å². The highest BCUT2D eigenvalue weighted by molar-refractivity contribution is 6.38. The van der Waals surface area contributed by atoms with Crippen LogP contribution in [0.15, 0.2) is 10.2 Å². The molecule has 0 fully saturated rings. The number of nitrogens with two attached hydrogens (primary N) is 1. The molecular weight excluding hydrogens is 118 g/mol. The van der Waals surface area contributed by atoms with Crippen LogP contribution >= 0.6 is 0 Å². The van der Waals surface area contributed by atoms with Gasteiger partial charge >= 0.3 is 0 Å². The Kier molecular flexibility index (Phi) is 0.999. The molecule has 1 aliphatic rings. The standard InChI is InChI=1S/C5H7N3O/c6-5(9)4-2-1-3-7-8-4/h3H,1-2H2,(H2,6,9)/i2D2. The first-order valence-corrected chi connectivity index (χ1v) is 2.44. The van der Waals surface area contributed by atoms with Gasteiger partial charge in [0.05, 0.1) is 0 Å². The summed E-state index contributed by atoms with van der Waals surface area (Å²) in [5, 5.41) is 6.72. The van der Waals surface area contributed by atoms with Crippen molar-refractivity contribution in [1.29, 1.82) is 0 Å². The van der Waals surface area contributed by atoms with Gasteiger partial charge in [-0.3, -0.25) is 4.79 Å². The minimum Gasteiger partial charge on any atom is -0.364 e. The molecule has 0 aliphatic carbocycles. The molecule has 0 aromatic carbocycles. The number of primary amides is 1. The van der Waals surface area contributed by atoms with Crippen molar-refractivity contribution in [3.05, 3.63) is 0 Å². The maximum atomic E-state index is 10.5. The van der Waals surface area contributed by atoms with Crippen molar-refractivity contribution in [1.82, 2.24) is 0 Å². The van der Waals surface area contributed by atoms with Crippen molar-refractivity contribution >= 4 is 17.8 Å². The van der Waals surface area contributed by atoms with Crippen molar-refractivity contribution in [3.63, 3.8) is 0 Å². The van der Waals surface area contributed by atoms with Crippen LogP contribution in [0.2, 0.25) is 0 Å².